The third-order valence-corrected chi connectivity index (χ3v) is 3.79. The zero-order valence-corrected chi connectivity index (χ0v) is 11.4. The number of thiazole rings is 1. The smallest absolute Gasteiger partial charge is 0.186 e. The summed E-state index contributed by atoms with van der Waals surface area (Å²) >= 11 is 3.21. The largest absolute Gasteiger partial charge is 0.378 e. The van der Waals surface area contributed by atoms with Crippen molar-refractivity contribution in [2.45, 2.75) is 6.61 Å². The molecule has 90 valence electrons. The van der Waals surface area contributed by atoms with Crippen LogP contribution in [0.25, 0.3) is 0 Å². The molecule has 16 heavy (non-hydrogen) atoms. The second kappa shape index (κ2) is 6.88. The molecule has 0 amide bonds. The number of anilines is 1. The Hall–Kier alpha value is -0.590. The zero-order valence-electron chi connectivity index (χ0n) is 9.73. The van der Waals surface area contributed by atoms with E-state index in [2.05, 4.69) is 16.1 Å². The van der Waals surface area contributed by atoms with E-state index in [4.69, 9.17) is 4.74 Å². The van der Waals surface area contributed by atoms with Gasteiger partial charge in [0, 0.05) is 26.5 Å². The standard InChI is InChI=1S/C10H16N2O2S2/c1-12(4-5-15-3)10-11-8(7-14-2)9(6-13)16-10/h6H,4-5,7H2,1-3H3. The van der Waals surface area contributed by atoms with E-state index in [1.165, 1.54) is 11.3 Å². The molecular weight excluding hydrogens is 244 g/mol. The molecule has 1 rings (SSSR count). The molecule has 0 bridgehead atoms. The molecule has 0 saturated carbocycles. The summed E-state index contributed by atoms with van der Waals surface area (Å²) in [5.74, 6) is 1.05. The lowest BCUT2D eigenvalue weighted by Gasteiger charge is -2.14. The minimum Gasteiger partial charge on any atom is -0.378 e. The maximum absolute atomic E-state index is 10.8. The average molecular weight is 260 g/mol. The Morgan fingerprint density at radius 1 is 1.62 bits per heavy atom. The van der Waals surface area contributed by atoms with Gasteiger partial charge < -0.3 is 9.64 Å². The summed E-state index contributed by atoms with van der Waals surface area (Å²) in [6, 6.07) is 0. The van der Waals surface area contributed by atoms with Gasteiger partial charge in [0.15, 0.2) is 11.4 Å². The maximum Gasteiger partial charge on any atom is 0.186 e. The van der Waals surface area contributed by atoms with E-state index < -0.39 is 0 Å². The molecule has 0 fully saturated rings. The molecule has 6 heteroatoms. The third-order valence-electron chi connectivity index (χ3n) is 2.06. The Morgan fingerprint density at radius 3 is 2.94 bits per heavy atom. The topological polar surface area (TPSA) is 42.4 Å². The van der Waals surface area contributed by atoms with Crippen LogP contribution in [0.15, 0.2) is 0 Å². The number of ether oxygens (including phenoxy) is 1. The molecule has 0 saturated heterocycles. The van der Waals surface area contributed by atoms with E-state index in [0.29, 0.717) is 11.5 Å². The fourth-order valence-electron chi connectivity index (χ4n) is 1.17. The minimum absolute atomic E-state index is 0.390. The third kappa shape index (κ3) is 3.47. The van der Waals surface area contributed by atoms with Crippen molar-refractivity contribution < 1.29 is 9.53 Å². The molecule has 1 aromatic heterocycles. The molecule has 1 heterocycles. The number of hydrogen-bond donors (Lipinski definition) is 0. The number of carbonyl (C=O) groups is 1. The predicted octanol–water partition coefficient (Wildman–Crippen LogP) is 1.90. The summed E-state index contributed by atoms with van der Waals surface area (Å²) in [5.41, 5.74) is 0.730. The molecular formula is C10H16N2O2S2. The second-order valence-corrected chi connectivity index (χ2v) is 5.27. The fraction of sp³-hybridized carbons (Fsp3) is 0.600. The van der Waals surface area contributed by atoms with Gasteiger partial charge in [0.05, 0.1) is 17.2 Å². The summed E-state index contributed by atoms with van der Waals surface area (Å²) in [4.78, 5) is 18.0. The summed E-state index contributed by atoms with van der Waals surface area (Å²) in [6.45, 7) is 1.32. The van der Waals surface area contributed by atoms with Crippen LogP contribution in [0, 0.1) is 0 Å². The van der Waals surface area contributed by atoms with Gasteiger partial charge in [0.25, 0.3) is 0 Å². The lowest BCUT2D eigenvalue weighted by atomic mass is 10.4. The van der Waals surface area contributed by atoms with E-state index in [-0.39, 0.29) is 0 Å². The van der Waals surface area contributed by atoms with Crippen LogP contribution in [-0.2, 0) is 11.3 Å². The Labute approximate surface area is 104 Å². The maximum atomic E-state index is 10.8. The minimum atomic E-state index is 0.390. The van der Waals surface area contributed by atoms with Crippen LogP contribution in [0.4, 0.5) is 5.13 Å². The van der Waals surface area contributed by atoms with E-state index in [1.807, 2.05) is 7.05 Å². The highest BCUT2D eigenvalue weighted by Gasteiger charge is 2.12. The fourth-order valence-corrected chi connectivity index (χ4v) is 2.50. The van der Waals surface area contributed by atoms with Crippen molar-refractivity contribution in [3.05, 3.63) is 10.6 Å². The number of nitrogens with zero attached hydrogens (tertiary/aromatic N) is 2. The normalized spacial score (nSPS) is 10.4. The van der Waals surface area contributed by atoms with Gasteiger partial charge in [-0.25, -0.2) is 4.98 Å². The molecule has 0 aromatic carbocycles. The number of carbonyl (C=O) groups excluding carboxylic acids is 1. The number of aldehydes is 1. The van der Waals surface area contributed by atoms with Gasteiger partial charge >= 0.3 is 0 Å². The van der Waals surface area contributed by atoms with Gasteiger partial charge in [-0.1, -0.05) is 11.3 Å². The molecule has 0 aliphatic carbocycles. The molecule has 4 nitrogen and oxygen atoms in total. The first kappa shape index (κ1) is 13.5. The van der Waals surface area contributed by atoms with Crippen molar-refractivity contribution in [3.8, 4) is 0 Å². The van der Waals surface area contributed by atoms with Gasteiger partial charge in [0.1, 0.15) is 0 Å². The number of thioether (sulfide) groups is 1. The lowest BCUT2D eigenvalue weighted by Crippen LogP contribution is -2.19. The molecule has 1 aromatic rings. The highest BCUT2D eigenvalue weighted by atomic mass is 32.2. The quantitative estimate of drug-likeness (QED) is 0.701. The molecule has 0 spiro atoms. The first-order valence-corrected chi connectivity index (χ1v) is 7.07. The van der Waals surface area contributed by atoms with Gasteiger partial charge in [-0.3, -0.25) is 4.79 Å². The Balaban J connectivity index is 2.76. The van der Waals surface area contributed by atoms with Crippen molar-refractivity contribution >= 4 is 34.5 Å². The van der Waals surface area contributed by atoms with Crippen LogP contribution >= 0.6 is 23.1 Å². The first-order valence-electron chi connectivity index (χ1n) is 4.86. The highest BCUT2D eigenvalue weighted by molar-refractivity contribution is 7.98. The van der Waals surface area contributed by atoms with Crippen LogP contribution in [0.3, 0.4) is 0 Å². The monoisotopic (exact) mass is 260 g/mol. The first-order chi connectivity index (χ1) is 7.72. The van der Waals surface area contributed by atoms with Crippen LogP contribution in [0.5, 0.6) is 0 Å². The van der Waals surface area contributed by atoms with Crippen LogP contribution in [-0.4, -0.2) is 44.0 Å². The Kier molecular flexibility index (Phi) is 5.79. The summed E-state index contributed by atoms with van der Waals surface area (Å²) in [5, 5.41) is 0.878. The number of methoxy groups -OCH3 is 1. The SMILES string of the molecule is COCc1nc(N(C)CCSC)sc1C=O. The Morgan fingerprint density at radius 2 is 2.38 bits per heavy atom. The Bertz CT molecular complexity index is 342. The van der Waals surface area contributed by atoms with E-state index in [0.717, 1.165) is 29.4 Å². The molecule has 0 radical (unpaired) electrons. The number of hydrogen-bond acceptors (Lipinski definition) is 6. The van der Waals surface area contributed by atoms with Crippen LogP contribution in [0.1, 0.15) is 15.4 Å². The van der Waals surface area contributed by atoms with E-state index >= 15 is 0 Å². The van der Waals surface area contributed by atoms with Gasteiger partial charge in [-0.2, -0.15) is 11.8 Å². The van der Waals surface area contributed by atoms with Crippen LogP contribution < -0.4 is 4.90 Å². The second-order valence-electron chi connectivity index (χ2n) is 3.27. The van der Waals surface area contributed by atoms with Crippen molar-refractivity contribution in [1.82, 2.24) is 4.98 Å². The molecule has 0 atom stereocenters. The zero-order chi connectivity index (χ0) is 12.0. The predicted molar refractivity (Wildman–Crippen MR) is 69.9 cm³/mol. The van der Waals surface area contributed by atoms with Crippen molar-refractivity contribution in [2.24, 2.45) is 0 Å². The van der Waals surface area contributed by atoms with Crippen molar-refractivity contribution in [2.75, 3.05) is 37.6 Å². The summed E-state index contributed by atoms with van der Waals surface area (Å²) < 4.78 is 5.01. The summed E-state index contributed by atoms with van der Waals surface area (Å²) in [7, 11) is 3.59. The van der Waals surface area contributed by atoms with E-state index in [9.17, 15) is 4.79 Å². The molecule has 0 aliphatic heterocycles. The van der Waals surface area contributed by atoms with Gasteiger partial charge in [-0.15, -0.1) is 0 Å². The molecule has 0 aliphatic rings. The number of rotatable bonds is 7. The molecule has 0 N–H and O–H groups in total. The van der Waals surface area contributed by atoms with Crippen molar-refractivity contribution in [1.29, 1.82) is 0 Å². The number of aromatic nitrogens is 1. The van der Waals surface area contributed by atoms with Gasteiger partial charge in [-0.05, 0) is 6.26 Å². The van der Waals surface area contributed by atoms with Crippen LogP contribution in [0.2, 0.25) is 0 Å². The van der Waals surface area contributed by atoms with Gasteiger partial charge in [0.2, 0.25) is 0 Å². The summed E-state index contributed by atoms with van der Waals surface area (Å²) in [6.07, 6.45) is 2.92. The lowest BCUT2D eigenvalue weighted by molar-refractivity contribution is 0.112. The average Bonchev–Trinajstić information content (AvgIpc) is 2.69. The highest BCUT2D eigenvalue weighted by Crippen LogP contribution is 2.24. The van der Waals surface area contributed by atoms with E-state index in [1.54, 1.807) is 18.9 Å². The van der Waals surface area contributed by atoms with Crippen molar-refractivity contribution in [3.63, 3.8) is 0 Å². The molecule has 0 unspecified atom stereocenters.